The van der Waals surface area contributed by atoms with Crippen molar-refractivity contribution < 1.29 is 18.7 Å². The first-order chi connectivity index (χ1) is 11.5. The summed E-state index contributed by atoms with van der Waals surface area (Å²) in [4.78, 5) is 23.5. The number of nitrogens with zero attached hydrogens (tertiary/aromatic N) is 1. The minimum absolute atomic E-state index is 0.169. The summed E-state index contributed by atoms with van der Waals surface area (Å²) in [5.41, 5.74) is 0.986. The first-order valence-electron chi connectivity index (χ1n) is 6.90. The average molecular weight is 324 g/mol. The van der Waals surface area contributed by atoms with Gasteiger partial charge in [0.25, 0.3) is 5.91 Å². The zero-order chi connectivity index (χ0) is 17.5. The van der Waals surface area contributed by atoms with E-state index < -0.39 is 17.7 Å². The number of amides is 1. The minimum atomic E-state index is -0.632. The van der Waals surface area contributed by atoms with Crippen LogP contribution >= 0.6 is 0 Å². The predicted octanol–water partition coefficient (Wildman–Crippen LogP) is 3.16. The topological polar surface area (TPSA) is 79.2 Å². The number of anilines is 1. The molecule has 0 saturated carbocycles. The van der Waals surface area contributed by atoms with Crippen molar-refractivity contribution in [1.29, 1.82) is 5.26 Å². The lowest BCUT2D eigenvalue weighted by atomic mass is 10.1. The van der Waals surface area contributed by atoms with Gasteiger partial charge in [0.1, 0.15) is 17.5 Å². The number of halogens is 1. The number of rotatable bonds is 4. The Hall–Kier alpha value is -3.46. The maximum absolute atomic E-state index is 13.2. The number of ether oxygens (including phenoxy) is 1. The standard InChI is InChI=1S/C18H13FN2O3/c1-24-18(23)13-5-7-16(8-6-13)21-17(22)14(11-20)9-12-3-2-4-15(19)10-12/h2-10H,1H3,(H,21,22)/b14-9-. The van der Waals surface area contributed by atoms with Gasteiger partial charge in [-0.15, -0.1) is 0 Å². The molecule has 0 saturated heterocycles. The molecule has 0 heterocycles. The van der Waals surface area contributed by atoms with Gasteiger partial charge >= 0.3 is 5.97 Å². The van der Waals surface area contributed by atoms with E-state index in [0.29, 0.717) is 16.8 Å². The van der Waals surface area contributed by atoms with E-state index in [-0.39, 0.29) is 5.57 Å². The van der Waals surface area contributed by atoms with Crippen molar-refractivity contribution in [2.45, 2.75) is 0 Å². The smallest absolute Gasteiger partial charge is 0.337 e. The molecular weight excluding hydrogens is 311 g/mol. The predicted molar refractivity (Wildman–Crippen MR) is 86.4 cm³/mol. The van der Waals surface area contributed by atoms with Crippen LogP contribution in [0.4, 0.5) is 10.1 Å². The van der Waals surface area contributed by atoms with Crippen molar-refractivity contribution in [3.8, 4) is 6.07 Å². The molecule has 1 N–H and O–H groups in total. The van der Waals surface area contributed by atoms with Crippen LogP contribution in [-0.4, -0.2) is 19.0 Å². The summed E-state index contributed by atoms with van der Waals surface area (Å²) >= 11 is 0. The molecular formula is C18H13FN2O3. The Kier molecular flexibility index (Phi) is 5.42. The molecule has 0 spiro atoms. The fraction of sp³-hybridized carbons (Fsp3) is 0.0556. The normalized spacial score (nSPS) is 10.6. The number of carbonyl (C=O) groups excluding carboxylic acids is 2. The van der Waals surface area contributed by atoms with E-state index in [0.717, 1.165) is 0 Å². The highest BCUT2D eigenvalue weighted by Gasteiger charge is 2.11. The number of hydrogen-bond donors (Lipinski definition) is 1. The molecule has 0 radical (unpaired) electrons. The third kappa shape index (κ3) is 4.27. The van der Waals surface area contributed by atoms with E-state index in [2.05, 4.69) is 10.1 Å². The van der Waals surface area contributed by atoms with E-state index in [1.165, 1.54) is 55.7 Å². The van der Waals surface area contributed by atoms with Crippen molar-refractivity contribution in [3.05, 3.63) is 71.0 Å². The maximum Gasteiger partial charge on any atom is 0.337 e. The van der Waals surface area contributed by atoms with Crippen LogP contribution in [0.15, 0.2) is 54.1 Å². The number of benzene rings is 2. The zero-order valence-electron chi connectivity index (χ0n) is 12.7. The summed E-state index contributed by atoms with van der Waals surface area (Å²) in [5.74, 6) is -1.58. The molecule has 2 aromatic carbocycles. The van der Waals surface area contributed by atoms with Crippen LogP contribution in [-0.2, 0) is 9.53 Å². The van der Waals surface area contributed by atoms with Crippen LogP contribution in [0.1, 0.15) is 15.9 Å². The van der Waals surface area contributed by atoms with Gasteiger partial charge in [-0.1, -0.05) is 12.1 Å². The molecule has 5 nitrogen and oxygen atoms in total. The Morgan fingerprint density at radius 1 is 1.21 bits per heavy atom. The number of methoxy groups -OCH3 is 1. The number of esters is 1. The van der Waals surface area contributed by atoms with E-state index in [1.54, 1.807) is 12.1 Å². The van der Waals surface area contributed by atoms with Crippen molar-refractivity contribution in [1.82, 2.24) is 0 Å². The van der Waals surface area contributed by atoms with Gasteiger partial charge in [0.15, 0.2) is 0 Å². The third-order valence-electron chi connectivity index (χ3n) is 3.09. The Labute approximate surface area is 138 Å². The summed E-state index contributed by atoms with van der Waals surface area (Å²) in [5, 5.41) is 11.7. The number of carbonyl (C=O) groups is 2. The van der Waals surface area contributed by atoms with Crippen molar-refractivity contribution in [2.75, 3.05) is 12.4 Å². The van der Waals surface area contributed by atoms with Crippen LogP contribution < -0.4 is 5.32 Å². The van der Waals surface area contributed by atoms with E-state index in [1.807, 2.05) is 0 Å². The van der Waals surface area contributed by atoms with Crippen LogP contribution in [0, 0.1) is 17.1 Å². The van der Waals surface area contributed by atoms with Gasteiger partial charge in [-0.2, -0.15) is 5.26 Å². The molecule has 1 amide bonds. The lowest BCUT2D eigenvalue weighted by molar-refractivity contribution is -0.112. The third-order valence-corrected chi connectivity index (χ3v) is 3.09. The van der Waals surface area contributed by atoms with Gasteiger partial charge in [0.2, 0.25) is 0 Å². The molecule has 0 atom stereocenters. The zero-order valence-corrected chi connectivity index (χ0v) is 12.7. The second-order valence-corrected chi connectivity index (χ2v) is 4.75. The largest absolute Gasteiger partial charge is 0.465 e. The number of nitriles is 1. The lowest BCUT2D eigenvalue weighted by Crippen LogP contribution is -2.13. The van der Waals surface area contributed by atoms with Gasteiger partial charge in [-0.3, -0.25) is 4.79 Å². The quantitative estimate of drug-likeness (QED) is 0.532. The molecule has 0 unspecified atom stereocenters. The Morgan fingerprint density at radius 3 is 2.50 bits per heavy atom. The van der Waals surface area contributed by atoms with Crippen molar-refractivity contribution in [3.63, 3.8) is 0 Å². The van der Waals surface area contributed by atoms with Crippen molar-refractivity contribution >= 4 is 23.6 Å². The molecule has 0 aliphatic heterocycles. The molecule has 120 valence electrons. The summed E-state index contributed by atoms with van der Waals surface area (Å²) in [6, 6.07) is 13.3. The van der Waals surface area contributed by atoms with E-state index in [4.69, 9.17) is 5.26 Å². The summed E-state index contributed by atoms with van der Waals surface area (Å²) < 4.78 is 17.7. The molecule has 6 heteroatoms. The fourth-order valence-electron chi connectivity index (χ4n) is 1.92. The van der Waals surface area contributed by atoms with Crippen molar-refractivity contribution in [2.24, 2.45) is 0 Å². The van der Waals surface area contributed by atoms with Gasteiger partial charge in [-0.25, -0.2) is 9.18 Å². The van der Waals surface area contributed by atoms with Crippen LogP contribution in [0.3, 0.4) is 0 Å². The monoisotopic (exact) mass is 324 g/mol. The van der Waals surface area contributed by atoms with Crippen LogP contribution in [0.2, 0.25) is 0 Å². The van der Waals surface area contributed by atoms with E-state index in [9.17, 15) is 14.0 Å². The second kappa shape index (κ2) is 7.70. The summed E-state index contributed by atoms with van der Waals surface area (Å²) in [6.07, 6.45) is 1.29. The molecule has 2 rings (SSSR count). The van der Waals surface area contributed by atoms with Gasteiger partial charge in [0.05, 0.1) is 12.7 Å². The minimum Gasteiger partial charge on any atom is -0.465 e. The highest BCUT2D eigenvalue weighted by molar-refractivity contribution is 6.09. The Bertz CT molecular complexity index is 836. The molecule has 0 bridgehead atoms. The second-order valence-electron chi connectivity index (χ2n) is 4.75. The maximum atomic E-state index is 13.2. The molecule has 2 aromatic rings. The van der Waals surface area contributed by atoms with Gasteiger partial charge in [-0.05, 0) is 48.0 Å². The highest BCUT2D eigenvalue weighted by Crippen LogP contribution is 2.14. The molecule has 0 aliphatic carbocycles. The number of hydrogen-bond acceptors (Lipinski definition) is 4. The van der Waals surface area contributed by atoms with E-state index >= 15 is 0 Å². The summed E-state index contributed by atoms with van der Waals surface area (Å²) in [6.45, 7) is 0. The first-order valence-corrected chi connectivity index (χ1v) is 6.90. The lowest BCUT2D eigenvalue weighted by Gasteiger charge is -2.05. The SMILES string of the molecule is COC(=O)c1ccc(NC(=O)/C(C#N)=C\c2cccc(F)c2)cc1. The van der Waals surface area contributed by atoms with Gasteiger partial charge < -0.3 is 10.1 Å². The van der Waals surface area contributed by atoms with Gasteiger partial charge in [0, 0.05) is 5.69 Å². The number of nitrogens with one attached hydrogen (secondary N) is 1. The Balaban J connectivity index is 2.15. The van der Waals surface area contributed by atoms with Crippen LogP contribution in [0.5, 0.6) is 0 Å². The first kappa shape index (κ1) is 16.9. The van der Waals surface area contributed by atoms with Crippen LogP contribution in [0.25, 0.3) is 6.08 Å². The average Bonchev–Trinajstić information content (AvgIpc) is 2.59. The Morgan fingerprint density at radius 2 is 1.92 bits per heavy atom. The molecule has 0 aliphatic rings. The molecule has 0 aromatic heterocycles. The fourth-order valence-corrected chi connectivity index (χ4v) is 1.92. The highest BCUT2D eigenvalue weighted by atomic mass is 19.1. The molecule has 0 fully saturated rings. The summed E-state index contributed by atoms with van der Waals surface area (Å²) in [7, 11) is 1.27. The molecule has 24 heavy (non-hydrogen) atoms.